The summed E-state index contributed by atoms with van der Waals surface area (Å²) < 4.78 is 13.1. The zero-order valence-electron chi connectivity index (χ0n) is 17.6. The van der Waals surface area contributed by atoms with E-state index in [0.717, 1.165) is 55.6 Å². The van der Waals surface area contributed by atoms with Gasteiger partial charge in [0.05, 0.1) is 6.54 Å². The Hall–Kier alpha value is -2.67. The minimum Gasteiger partial charge on any atom is -0.357 e. The first-order valence-electron chi connectivity index (χ1n) is 10.2. The van der Waals surface area contributed by atoms with Gasteiger partial charge in [0.25, 0.3) is 0 Å². The number of likely N-dealkylation sites (N-methyl/N-ethyl adjacent to an activating group) is 1. The van der Waals surface area contributed by atoms with Gasteiger partial charge in [-0.3, -0.25) is 0 Å². The van der Waals surface area contributed by atoms with Crippen LogP contribution in [-0.4, -0.2) is 67.6 Å². The average Bonchev–Trinajstić information content (AvgIpc) is 2.73. The maximum absolute atomic E-state index is 13.1. The van der Waals surface area contributed by atoms with E-state index in [-0.39, 0.29) is 5.82 Å². The molecule has 0 aliphatic carbocycles. The third-order valence-corrected chi connectivity index (χ3v) is 5.08. The van der Waals surface area contributed by atoms with Crippen LogP contribution in [0.5, 0.6) is 0 Å². The molecule has 2 heterocycles. The number of pyridine rings is 1. The van der Waals surface area contributed by atoms with Gasteiger partial charge in [0.15, 0.2) is 5.96 Å². The van der Waals surface area contributed by atoms with Crippen molar-refractivity contribution in [2.24, 2.45) is 4.99 Å². The van der Waals surface area contributed by atoms with Gasteiger partial charge in [-0.05, 0) is 49.4 Å². The van der Waals surface area contributed by atoms with Crippen molar-refractivity contribution in [3.8, 4) is 0 Å². The van der Waals surface area contributed by atoms with Crippen LogP contribution in [0, 0.1) is 5.82 Å². The van der Waals surface area contributed by atoms with Crippen LogP contribution in [0.3, 0.4) is 0 Å². The minimum atomic E-state index is -0.217. The number of aromatic nitrogens is 1. The van der Waals surface area contributed by atoms with Crippen molar-refractivity contribution in [2.45, 2.75) is 20.0 Å². The number of nitrogens with one attached hydrogen (secondary N) is 1. The second-order valence-electron chi connectivity index (χ2n) is 7.47. The van der Waals surface area contributed by atoms with Crippen molar-refractivity contribution in [1.82, 2.24) is 20.1 Å². The third-order valence-electron chi connectivity index (χ3n) is 5.08. The van der Waals surface area contributed by atoms with Crippen LogP contribution >= 0.6 is 0 Å². The van der Waals surface area contributed by atoms with Crippen LogP contribution in [0.4, 0.5) is 10.2 Å². The number of guanidine groups is 1. The largest absolute Gasteiger partial charge is 0.357 e. The Labute approximate surface area is 173 Å². The van der Waals surface area contributed by atoms with Gasteiger partial charge in [0, 0.05) is 52.5 Å². The monoisotopic (exact) mass is 398 g/mol. The first-order chi connectivity index (χ1) is 14.0. The Balaban J connectivity index is 1.66. The predicted molar refractivity (Wildman–Crippen MR) is 117 cm³/mol. The van der Waals surface area contributed by atoms with E-state index < -0.39 is 0 Å². The van der Waals surface area contributed by atoms with Gasteiger partial charge in [0.2, 0.25) is 0 Å². The molecule has 0 saturated carbocycles. The number of piperazine rings is 1. The van der Waals surface area contributed by atoms with Gasteiger partial charge < -0.3 is 20.0 Å². The van der Waals surface area contributed by atoms with Crippen LogP contribution in [0.1, 0.15) is 18.1 Å². The van der Waals surface area contributed by atoms with Gasteiger partial charge in [-0.25, -0.2) is 14.4 Å². The first-order valence-corrected chi connectivity index (χ1v) is 10.2. The maximum atomic E-state index is 13.1. The molecule has 1 N–H and O–H groups in total. The summed E-state index contributed by atoms with van der Waals surface area (Å²) in [4.78, 5) is 16.1. The SMILES string of the molecule is CCNC(=NCc1ccnc(N2CCN(C)CC2)c1)N(C)Cc1ccc(F)cc1. The number of hydrogen-bond acceptors (Lipinski definition) is 4. The van der Waals surface area contributed by atoms with Crippen molar-refractivity contribution in [1.29, 1.82) is 0 Å². The highest BCUT2D eigenvalue weighted by atomic mass is 19.1. The normalized spacial score (nSPS) is 15.4. The second kappa shape index (κ2) is 10.2. The highest BCUT2D eigenvalue weighted by Gasteiger charge is 2.15. The van der Waals surface area contributed by atoms with Crippen molar-refractivity contribution in [2.75, 3.05) is 51.7 Å². The lowest BCUT2D eigenvalue weighted by Gasteiger charge is -2.33. The topological polar surface area (TPSA) is 47.0 Å². The molecule has 1 aliphatic heterocycles. The summed E-state index contributed by atoms with van der Waals surface area (Å²) in [6, 6.07) is 10.8. The molecular weight excluding hydrogens is 367 g/mol. The fourth-order valence-corrected chi connectivity index (χ4v) is 3.34. The number of benzene rings is 1. The summed E-state index contributed by atoms with van der Waals surface area (Å²) in [6.45, 7) is 8.20. The van der Waals surface area contributed by atoms with Crippen molar-refractivity contribution < 1.29 is 4.39 Å². The Kier molecular flexibility index (Phi) is 7.41. The van der Waals surface area contributed by atoms with Gasteiger partial charge in [0.1, 0.15) is 11.6 Å². The molecular formula is C22H31FN6. The van der Waals surface area contributed by atoms with E-state index in [1.54, 1.807) is 12.1 Å². The molecule has 1 aliphatic rings. The molecule has 1 saturated heterocycles. The standard InChI is InChI=1S/C22H31FN6/c1-4-24-22(28(3)17-18-5-7-20(23)8-6-18)26-16-19-9-10-25-21(15-19)29-13-11-27(2)12-14-29/h5-10,15H,4,11-14,16-17H2,1-3H3,(H,24,26). The van der Waals surface area contributed by atoms with E-state index in [0.29, 0.717) is 13.1 Å². The lowest BCUT2D eigenvalue weighted by Crippen LogP contribution is -2.44. The lowest BCUT2D eigenvalue weighted by atomic mass is 10.2. The Bertz CT molecular complexity index is 799. The smallest absolute Gasteiger partial charge is 0.194 e. The molecule has 2 aromatic rings. The summed E-state index contributed by atoms with van der Waals surface area (Å²) in [5.74, 6) is 1.64. The summed E-state index contributed by atoms with van der Waals surface area (Å²) in [7, 11) is 4.15. The van der Waals surface area contributed by atoms with Crippen LogP contribution in [0.2, 0.25) is 0 Å². The molecule has 0 amide bonds. The fourth-order valence-electron chi connectivity index (χ4n) is 3.34. The number of nitrogens with zero attached hydrogens (tertiary/aromatic N) is 5. The van der Waals surface area contributed by atoms with Gasteiger partial charge >= 0.3 is 0 Å². The molecule has 1 fully saturated rings. The molecule has 156 valence electrons. The fraction of sp³-hybridized carbons (Fsp3) is 0.455. The molecule has 6 nitrogen and oxygen atoms in total. The highest BCUT2D eigenvalue weighted by molar-refractivity contribution is 5.79. The number of rotatable bonds is 6. The van der Waals surface area contributed by atoms with E-state index in [4.69, 9.17) is 4.99 Å². The number of anilines is 1. The van der Waals surface area contributed by atoms with E-state index in [1.807, 2.05) is 19.3 Å². The molecule has 3 rings (SSSR count). The zero-order valence-corrected chi connectivity index (χ0v) is 17.6. The van der Waals surface area contributed by atoms with Crippen LogP contribution < -0.4 is 10.2 Å². The summed E-state index contributed by atoms with van der Waals surface area (Å²) >= 11 is 0. The minimum absolute atomic E-state index is 0.217. The third kappa shape index (κ3) is 6.15. The van der Waals surface area contributed by atoms with Crippen molar-refractivity contribution >= 4 is 11.8 Å². The van der Waals surface area contributed by atoms with Crippen molar-refractivity contribution in [3.05, 3.63) is 59.5 Å². The summed E-state index contributed by atoms with van der Waals surface area (Å²) in [5.41, 5.74) is 2.18. The van der Waals surface area contributed by atoms with E-state index >= 15 is 0 Å². The Morgan fingerprint density at radius 3 is 2.55 bits per heavy atom. The maximum Gasteiger partial charge on any atom is 0.194 e. The zero-order chi connectivity index (χ0) is 20.6. The number of halogens is 1. The molecule has 1 aromatic heterocycles. The first kappa shape index (κ1) is 21.0. The molecule has 0 bridgehead atoms. The molecule has 7 heteroatoms. The molecule has 1 aromatic carbocycles. The van der Waals surface area contributed by atoms with Crippen molar-refractivity contribution in [3.63, 3.8) is 0 Å². The average molecular weight is 399 g/mol. The Morgan fingerprint density at radius 1 is 1.14 bits per heavy atom. The highest BCUT2D eigenvalue weighted by Crippen LogP contribution is 2.15. The van der Waals surface area contributed by atoms with E-state index in [9.17, 15) is 4.39 Å². The molecule has 0 unspecified atom stereocenters. The van der Waals surface area contributed by atoms with Crippen LogP contribution in [-0.2, 0) is 13.1 Å². The van der Waals surface area contributed by atoms with Crippen LogP contribution in [0.15, 0.2) is 47.6 Å². The summed E-state index contributed by atoms with van der Waals surface area (Å²) in [6.07, 6.45) is 1.87. The van der Waals surface area contributed by atoms with E-state index in [2.05, 4.69) is 45.0 Å². The molecule has 29 heavy (non-hydrogen) atoms. The predicted octanol–water partition coefficient (Wildman–Crippen LogP) is 2.57. The second-order valence-corrected chi connectivity index (χ2v) is 7.47. The number of hydrogen-bond donors (Lipinski definition) is 1. The van der Waals surface area contributed by atoms with Gasteiger partial charge in [-0.1, -0.05) is 12.1 Å². The Morgan fingerprint density at radius 2 is 1.86 bits per heavy atom. The lowest BCUT2D eigenvalue weighted by molar-refractivity contribution is 0.312. The quantitative estimate of drug-likeness (QED) is 0.599. The summed E-state index contributed by atoms with van der Waals surface area (Å²) in [5, 5.41) is 3.34. The van der Waals surface area contributed by atoms with E-state index in [1.165, 1.54) is 12.1 Å². The number of aliphatic imine (C=N–C) groups is 1. The van der Waals surface area contributed by atoms with Gasteiger partial charge in [-0.2, -0.15) is 0 Å². The molecule has 0 radical (unpaired) electrons. The molecule has 0 spiro atoms. The molecule has 0 atom stereocenters. The van der Waals surface area contributed by atoms with Crippen LogP contribution in [0.25, 0.3) is 0 Å². The van der Waals surface area contributed by atoms with Gasteiger partial charge in [-0.15, -0.1) is 0 Å².